The van der Waals surface area contributed by atoms with Crippen LogP contribution < -0.4 is 0 Å². The van der Waals surface area contributed by atoms with E-state index in [9.17, 15) is 19.5 Å². The molecule has 0 fully saturated rings. The zero-order valence-corrected chi connectivity index (χ0v) is 20.2. The lowest BCUT2D eigenvalue weighted by Crippen LogP contribution is -2.42. The van der Waals surface area contributed by atoms with E-state index in [4.69, 9.17) is 4.74 Å². The van der Waals surface area contributed by atoms with E-state index in [0.717, 1.165) is 5.56 Å². The van der Waals surface area contributed by atoms with Gasteiger partial charge in [-0.05, 0) is 26.2 Å². The van der Waals surface area contributed by atoms with Gasteiger partial charge in [0.1, 0.15) is 17.1 Å². The Bertz CT molecular complexity index is 1040. The fraction of sp³-hybridized carbons (Fsp3) is 0.520. The summed E-state index contributed by atoms with van der Waals surface area (Å²) in [6.45, 7) is 11.9. The second kappa shape index (κ2) is 9.00. The molecule has 0 bridgehead atoms. The SMILES string of the molecule is CC(C)(C)OC(=O)N1CCn2c(-c3ccccc3)nc(C(=O)C[C@H](C(=O)O)C(C)(C)C)c2C1. The van der Waals surface area contributed by atoms with Gasteiger partial charge < -0.3 is 19.3 Å². The van der Waals surface area contributed by atoms with Crippen LogP contribution in [0.4, 0.5) is 4.79 Å². The van der Waals surface area contributed by atoms with Gasteiger partial charge in [0.2, 0.25) is 0 Å². The van der Waals surface area contributed by atoms with Crippen LogP contribution in [-0.4, -0.2) is 49.5 Å². The fourth-order valence-corrected chi connectivity index (χ4v) is 3.93. The smallest absolute Gasteiger partial charge is 0.410 e. The number of Topliss-reactive ketones (excluding diaryl/α,β-unsaturated/α-hetero) is 1. The molecule has 1 atom stereocenters. The number of rotatable bonds is 5. The fourth-order valence-electron chi connectivity index (χ4n) is 3.93. The van der Waals surface area contributed by atoms with Gasteiger partial charge in [0.25, 0.3) is 0 Å². The molecule has 1 aliphatic heterocycles. The molecule has 0 spiro atoms. The number of carboxylic acids is 1. The first-order chi connectivity index (χ1) is 15.3. The lowest BCUT2D eigenvalue weighted by Gasteiger charge is -2.31. The molecule has 0 unspecified atom stereocenters. The van der Waals surface area contributed by atoms with Crippen molar-refractivity contribution in [2.45, 2.75) is 66.7 Å². The van der Waals surface area contributed by atoms with E-state index < -0.39 is 29.0 Å². The Kier molecular flexibility index (Phi) is 6.68. The number of aliphatic carboxylic acids is 1. The average molecular weight is 456 g/mol. The molecule has 0 aliphatic carbocycles. The predicted octanol–water partition coefficient (Wildman–Crippen LogP) is 4.62. The van der Waals surface area contributed by atoms with Crippen molar-refractivity contribution in [3.63, 3.8) is 0 Å². The summed E-state index contributed by atoms with van der Waals surface area (Å²) in [7, 11) is 0. The molecule has 2 heterocycles. The number of nitrogens with zero attached hydrogens (tertiary/aromatic N) is 3. The molecular formula is C25H33N3O5. The minimum atomic E-state index is -1.01. The third-order valence-corrected chi connectivity index (χ3v) is 5.69. The van der Waals surface area contributed by atoms with Gasteiger partial charge in [-0.2, -0.15) is 0 Å². The number of hydrogen-bond donors (Lipinski definition) is 1. The Hall–Kier alpha value is -3.16. The molecule has 1 amide bonds. The maximum Gasteiger partial charge on any atom is 0.410 e. The van der Waals surface area contributed by atoms with Crippen molar-refractivity contribution < 1.29 is 24.2 Å². The number of carbonyl (C=O) groups is 3. The molecule has 0 saturated carbocycles. The lowest BCUT2D eigenvalue weighted by molar-refractivity contribution is -0.145. The molecule has 2 aromatic rings. The van der Waals surface area contributed by atoms with Crippen LogP contribution in [0.1, 0.15) is 64.1 Å². The highest BCUT2D eigenvalue weighted by atomic mass is 16.6. The van der Waals surface area contributed by atoms with E-state index in [1.165, 1.54) is 0 Å². The molecule has 3 rings (SSSR count). The number of imidazole rings is 1. The monoisotopic (exact) mass is 455 g/mol. The summed E-state index contributed by atoms with van der Waals surface area (Å²) in [6.07, 6.45) is -0.614. The number of benzene rings is 1. The highest BCUT2D eigenvalue weighted by Gasteiger charge is 2.37. The molecule has 33 heavy (non-hydrogen) atoms. The zero-order valence-electron chi connectivity index (χ0n) is 20.2. The molecular weight excluding hydrogens is 422 g/mol. The largest absolute Gasteiger partial charge is 0.481 e. The van der Waals surface area contributed by atoms with E-state index >= 15 is 0 Å². The normalized spacial score (nSPS) is 15.0. The Morgan fingerprint density at radius 3 is 2.24 bits per heavy atom. The number of amides is 1. The Morgan fingerprint density at radius 1 is 1.06 bits per heavy atom. The van der Waals surface area contributed by atoms with Crippen LogP contribution in [0.15, 0.2) is 30.3 Å². The topological polar surface area (TPSA) is 102 Å². The molecule has 178 valence electrons. The molecule has 8 heteroatoms. The number of ketones is 1. The number of carbonyl (C=O) groups excluding carboxylic acids is 2. The van der Waals surface area contributed by atoms with E-state index in [1.54, 1.807) is 46.4 Å². The highest BCUT2D eigenvalue weighted by molar-refractivity contribution is 5.98. The van der Waals surface area contributed by atoms with Gasteiger partial charge in [-0.3, -0.25) is 9.59 Å². The second-order valence-corrected chi connectivity index (χ2v) is 10.5. The Labute approximate surface area is 194 Å². The van der Waals surface area contributed by atoms with Gasteiger partial charge in [-0.25, -0.2) is 9.78 Å². The van der Waals surface area contributed by atoms with Crippen molar-refractivity contribution in [1.82, 2.24) is 14.5 Å². The van der Waals surface area contributed by atoms with Crippen LogP contribution in [0, 0.1) is 11.3 Å². The molecule has 1 aromatic carbocycles. The molecule has 1 N–H and O–H groups in total. The third-order valence-electron chi connectivity index (χ3n) is 5.69. The minimum absolute atomic E-state index is 0.163. The van der Waals surface area contributed by atoms with Crippen molar-refractivity contribution in [3.05, 3.63) is 41.7 Å². The first-order valence-corrected chi connectivity index (χ1v) is 11.2. The maximum absolute atomic E-state index is 13.4. The van der Waals surface area contributed by atoms with Gasteiger partial charge in [-0.15, -0.1) is 0 Å². The van der Waals surface area contributed by atoms with E-state index in [-0.39, 0.29) is 24.4 Å². The van der Waals surface area contributed by atoms with Gasteiger partial charge in [0.05, 0.1) is 18.2 Å². The van der Waals surface area contributed by atoms with Crippen LogP contribution in [0.2, 0.25) is 0 Å². The van der Waals surface area contributed by atoms with E-state index in [2.05, 4.69) is 4.98 Å². The lowest BCUT2D eigenvalue weighted by atomic mass is 9.77. The van der Waals surface area contributed by atoms with Crippen molar-refractivity contribution in [2.24, 2.45) is 11.3 Å². The van der Waals surface area contributed by atoms with Gasteiger partial charge in [0.15, 0.2) is 5.78 Å². The molecule has 8 nitrogen and oxygen atoms in total. The molecule has 1 aromatic heterocycles. The summed E-state index contributed by atoms with van der Waals surface area (Å²) in [4.78, 5) is 44.1. The highest BCUT2D eigenvalue weighted by Crippen LogP contribution is 2.33. The predicted molar refractivity (Wildman–Crippen MR) is 124 cm³/mol. The zero-order chi connectivity index (χ0) is 24.6. The van der Waals surface area contributed by atoms with E-state index in [1.807, 2.05) is 34.9 Å². The number of carboxylic acid groups (broad SMARTS) is 1. The summed E-state index contributed by atoms with van der Waals surface area (Å²) in [5.74, 6) is -1.56. The quantitative estimate of drug-likeness (QED) is 0.660. The van der Waals surface area contributed by atoms with Crippen molar-refractivity contribution in [1.29, 1.82) is 0 Å². The number of hydrogen-bond acceptors (Lipinski definition) is 5. The summed E-state index contributed by atoms with van der Waals surface area (Å²) in [5, 5.41) is 9.70. The molecule has 0 saturated heterocycles. The summed E-state index contributed by atoms with van der Waals surface area (Å²) >= 11 is 0. The average Bonchev–Trinajstić information content (AvgIpc) is 3.09. The Balaban J connectivity index is 2.00. The van der Waals surface area contributed by atoms with Gasteiger partial charge >= 0.3 is 12.1 Å². The summed E-state index contributed by atoms with van der Waals surface area (Å²) < 4.78 is 7.47. The summed E-state index contributed by atoms with van der Waals surface area (Å²) in [6, 6.07) is 9.53. The van der Waals surface area contributed by atoms with Crippen LogP contribution in [0.3, 0.4) is 0 Å². The number of fused-ring (bicyclic) bond motifs is 1. The number of aromatic nitrogens is 2. The van der Waals surface area contributed by atoms with Crippen molar-refractivity contribution >= 4 is 17.8 Å². The third kappa shape index (κ3) is 5.61. The van der Waals surface area contributed by atoms with Gasteiger partial charge in [0, 0.05) is 25.1 Å². The van der Waals surface area contributed by atoms with E-state index in [0.29, 0.717) is 24.6 Å². The van der Waals surface area contributed by atoms with Crippen LogP contribution in [0.25, 0.3) is 11.4 Å². The maximum atomic E-state index is 13.4. The second-order valence-electron chi connectivity index (χ2n) is 10.5. The van der Waals surface area contributed by atoms with Crippen LogP contribution >= 0.6 is 0 Å². The van der Waals surface area contributed by atoms with Crippen molar-refractivity contribution in [2.75, 3.05) is 6.54 Å². The first kappa shape index (κ1) is 24.5. The molecule has 1 aliphatic rings. The van der Waals surface area contributed by atoms with Gasteiger partial charge in [-0.1, -0.05) is 51.1 Å². The standard InChI is InChI=1S/C25H33N3O5/c1-24(2,3)17(22(30)31)14-19(29)20-18-15-27(23(32)33-25(4,5)6)12-13-28(18)21(26-20)16-10-8-7-9-11-16/h7-11,17H,12-15H2,1-6H3,(H,30,31)/t17-/m1/s1. The first-order valence-electron chi connectivity index (χ1n) is 11.2. The van der Waals surface area contributed by atoms with Crippen LogP contribution in [0.5, 0.6) is 0 Å². The van der Waals surface area contributed by atoms with Crippen molar-refractivity contribution in [3.8, 4) is 11.4 Å². The molecule has 0 radical (unpaired) electrons. The Morgan fingerprint density at radius 2 is 1.70 bits per heavy atom. The summed E-state index contributed by atoms with van der Waals surface area (Å²) in [5.41, 5.74) is 0.455. The minimum Gasteiger partial charge on any atom is -0.481 e. The van der Waals surface area contributed by atoms with Crippen LogP contribution in [-0.2, 0) is 22.6 Å². The number of ether oxygens (including phenoxy) is 1.